The fourth-order valence-corrected chi connectivity index (χ4v) is 2.55. The summed E-state index contributed by atoms with van der Waals surface area (Å²) in [5.74, 6) is 0.467. The molecule has 0 aliphatic carbocycles. The Bertz CT molecular complexity index is 639. The Hall–Kier alpha value is -1.11. The fourth-order valence-electron chi connectivity index (χ4n) is 1.45. The normalized spacial score (nSPS) is 10.3. The van der Waals surface area contributed by atoms with Crippen LogP contribution in [0.1, 0.15) is 17.4 Å². The lowest BCUT2D eigenvalue weighted by Gasteiger charge is -2.08. The van der Waals surface area contributed by atoms with Crippen molar-refractivity contribution in [2.24, 2.45) is 0 Å². The summed E-state index contributed by atoms with van der Waals surface area (Å²) in [6, 6.07) is 7.34. The van der Waals surface area contributed by atoms with Crippen LogP contribution in [0.5, 0.6) is 0 Å². The Morgan fingerprint density at radius 3 is 2.90 bits per heavy atom. The average Bonchev–Trinajstić information content (AvgIpc) is 2.43. The van der Waals surface area contributed by atoms with Crippen LogP contribution >= 0.6 is 39.3 Å². The Balaban J connectivity index is 2.25. The van der Waals surface area contributed by atoms with E-state index in [2.05, 4.69) is 31.2 Å². The molecule has 1 N–H and O–H groups in total. The first-order chi connectivity index (χ1) is 9.61. The second kappa shape index (κ2) is 7.06. The third-order valence-electron chi connectivity index (χ3n) is 2.33. The van der Waals surface area contributed by atoms with Gasteiger partial charge in [0, 0.05) is 4.47 Å². The van der Waals surface area contributed by atoms with Crippen molar-refractivity contribution >= 4 is 50.9 Å². The van der Waals surface area contributed by atoms with Crippen molar-refractivity contribution < 1.29 is 4.79 Å². The van der Waals surface area contributed by atoms with Crippen LogP contribution in [-0.2, 0) is 0 Å². The van der Waals surface area contributed by atoms with Gasteiger partial charge in [0.1, 0.15) is 0 Å². The van der Waals surface area contributed by atoms with E-state index in [9.17, 15) is 4.79 Å². The first-order valence-corrected chi connectivity index (χ1v) is 7.98. The molecule has 1 amide bonds. The van der Waals surface area contributed by atoms with E-state index in [0.717, 1.165) is 10.2 Å². The van der Waals surface area contributed by atoms with E-state index in [1.54, 1.807) is 6.07 Å². The second-order valence-electron chi connectivity index (χ2n) is 3.72. The zero-order valence-corrected chi connectivity index (χ0v) is 13.7. The van der Waals surface area contributed by atoms with E-state index >= 15 is 0 Å². The highest BCUT2D eigenvalue weighted by molar-refractivity contribution is 9.10. The van der Waals surface area contributed by atoms with Gasteiger partial charge < -0.3 is 5.32 Å². The number of halogens is 2. The van der Waals surface area contributed by atoms with E-state index in [-0.39, 0.29) is 16.6 Å². The van der Waals surface area contributed by atoms with Crippen LogP contribution in [0.4, 0.5) is 5.69 Å². The number of rotatable bonds is 4. The van der Waals surface area contributed by atoms with Gasteiger partial charge >= 0.3 is 0 Å². The summed E-state index contributed by atoms with van der Waals surface area (Å²) in [6.45, 7) is 1.99. The number of carbonyl (C=O) groups is 1. The van der Waals surface area contributed by atoms with Gasteiger partial charge in [-0.2, -0.15) is 0 Å². The summed E-state index contributed by atoms with van der Waals surface area (Å²) in [4.78, 5) is 20.5. The quantitative estimate of drug-likeness (QED) is 0.643. The minimum absolute atomic E-state index is 0.174. The number of anilines is 1. The van der Waals surface area contributed by atoms with E-state index < -0.39 is 0 Å². The van der Waals surface area contributed by atoms with Crippen molar-refractivity contribution in [2.45, 2.75) is 12.1 Å². The molecule has 0 aliphatic rings. The predicted octanol–water partition coefficient (Wildman–Crippen LogP) is 4.26. The minimum Gasteiger partial charge on any atom is -0.320 e. The summed E-state index contributed by atoms with van der Waals surface area (Å²) in [6.07, 6.45) is 1.45. The smallest absolute Gasteiger partial charge is 0.276 e. The number of para-hydroxylation sites is 1. The molecule has 1 aromatic carbocycles. The summed E-state index contributed by atoms with van der Waals surface area (Å²) in [5.41, 5.74) is 0.838. The monoisotopic (exact) mass is 371 g/mol. The molecule has 0 unspecified atom stereocenters. The van der Waals surface area contributed by atoms with Gasteiger partial charge in [-0.3, -0.25) is 4.79 Å². The van der Waals surface area contributed by atoms with Crippen LogP contribution in [0, 0.1) is 0 Å². The molecule has 7 heteroatoms. The predicted molar refractivity (Wildman–Crippen MR) is 85.5 cm³/mol. The van der Waals surface area contributed by atoms with Crippen molar-refractivity contribution in [2.75, 3.05) is 11.1 Å². The zero-order valence-electron chi connectivity index (χ0n) is 10.6. The van der Waals surface area contributed by atoms with Gasteiger partial charge in [-0.15, -0.1) is 0 Å². The molecule has 104 valence electrons. The van der Waals surface area contributed by atoms with Crippen molar-refractivity contribution in [3.8, 4) is 0 Å². The molecular formula is C13H11BrClN3OS. The number of nitrogens with one attached hydrogen (secondary N) is 1. The first-order valence-electron chi connectivity index (χ1n) is 5.83. The Morgan fingerprint density at radius 1 is 1.45 bits per heavy atom. The summed E-state index contributed by atoms with van der Waals surface area (Å²) >= 11 is 10.8. The summed E-state index contributed by atoms with van der Waals surface area (Å²) < 4.78 is 0.793. The fraction of sp³-hybridized carbons (Fsp3) is 0.154. The lowest BCUT2D eigenvalue weighted by Crippen LogP contribution is -2.15. The van der Waals surface area contributed by atoms with E-state index in [1.807, 2.05) is 25.1 Å². The molecule has 4 nitrogen and oxygen atoms in total. The molecular weight excluding hydrogens is 362 g/mol. The lowest BCUT2D eigenvalue weighted by molar-refractivity contribution is 0.102. The number of nitrogens with zero attached hydrogens (tertiary/aromatic N) is 2. The van der Waals surface area contributed by atoms with Crippen LogP contribution in [0.2, 0.25) is 5.02 Å². The van der Waals surface area contributed by atoms with Crippen LogP contribution in [0.3, 0.4) is 0 Å². The van der Waals surface area contributed by atoms with Crippen molar-refractivity contribution in [1.82, 2.24) is 9.97 Å². The third kappa shape index (κ3) is 3.71. The summed E-state index contributed by atoms with van der Waals surface area (Å²) in [5, 5.41) is 3.53. The molecule has 2 rings (SSSR count). The minimum atomic E-state index is -0.359. The Labute approximate surface area is 134 Å². The average molecular weight is 373 g/mol. The SMILES string of the molecule is CCSc1ncc(Cl)c(C(=O)Nc2ccccc2Br)n1. The van der Waals surface area contributed by atoms with Gasteiger partial charge in [0.15, 0.2) is 10.9 Å². The number of hydrogen-bond acceptors (Lipinski definition) is 4. The molecule has 20 heavy (non-hydrogen) atoms. The molecule has 0 atom stereocenters. The van der Waals surface area contributed by atoms with Crippen LogP contribution in [0.15, 0.2) is 40.1 Å². The molecule has 0 radical (unpaired) electrons. The Morgan fingerprint density at radius 2 is 2.20 bits per heavy atom. The van der Waals surface area contributed by atoms with Crippen molar-refractivity contribution in [1.29, 1.82) is 0 Å². The summed E-state index contributed by atoms with van der Waals surface area (Å²) in [7, 11) is 0. The number of hydrogen-bond donors (Lipinski definition) is 1. The third-order valence-corrected chi connectivity index (χ3v) is 4.04. The van der Waals surface area contributed by atoms with Gasteiger partial charge in [-0.25, -0.2) is 9.97 Å². The highest BCUT2D eigenvalue weighted by Crippen LogP contribution is 2.23. The van der Waals surface area contributed by atoms with Crippen LogP contribution < -0.4 is 5.32 Å². The molecule has 1 heterocycles. The highest BCUT2D eigenvalue weighted by Gasteiger charge is 2.15. The van der Waals surface area contributed by atoms with Crippen molar-refractivity contribution in [3.63, 3.8) is 0 Å². The molecule has 0 spiro atoms. The first kappa shape index (κ1) is 15.3. The largest absolute Gasteiger partial charge is 0.320 e. The van der Waals surface area contributed by atoms with Gasteiger partial charge in [-0.1, -0.05) is 42.4 Å². The Kier molecular flexibility index (Phi) is 5.39. The maximum atomic E-state index is 12.2. The second-order valence-corrected chi connectivity index (χ2v) is 6.21. The van der Waals surface area contributed by atoms with Gasteiger partial charge in [0.25, 0.3) is 5.91 Å². The molecule has 0 bridgehead atoms. The topological polar surface area (TPSA) is 54.9 Å². The lowest BCUT2D eigenvalue weighted by atomic mass is 10.3. The van der Waals surface area contributed by atoms with E-state index in [0.29, 0.717) is 10.8 Å². The molecule has 1 aromatic heterocycles. The maximum absolute atomic E-state index is 12.2. The van der Waals surface area contributed by atoms with Crippen LogP contribution in [0.25, 0.3) is 0 Å². The molecule has 0 saturated carbocycles. The molecule has 0 saturated heterocycles. The number of amides is 1. The van der Waals surface area contributed by atoms with Gasteiger partial charge in [0.2, 0.25) is 0 Å². The maximum Gasteiger partial charge on any atom is 0.276 e. The molecule has 0 fully saturated rings. The molecule has 2 aromatic rings. The van der Waals surface area contributed by atoms with Crippen LogP contribution in [-0.4, -0.2) is 21.6 Å². The van der Waals surface area contributed by atoms with E-state index in [1.165, 1.54) is 18.0 Å². The number of thioether (sulfide) groups is 1. The molecule has 0 aliphatic heterocycles. The zero-order chi connectivity index (χ0) is 14.5. The number of benzene rings is 1. The van der Waals surface area contributed by atoms with Crippen molar-refractivity contribution in [3.05, 3.63) is 45.7 Å². The highest BCUT2D eigenvalue weighted by atomic mass is 79.9. The van der Waals surface area contributed by atoms with Gasteiger partial charge in [0.05, 0.1) is 16.9 Å². The van der Waals surface area contributed by atoms with E-state index in [4.69, 9.17) is 11.6 Å². The van der Waals surface area contributed by atoms with Gasteiger partial charge in [-0.05, 0) is 33.8 Å². The standard InChI is InChI=1S/C13H11BrClN3OS/c1-2-20-13-16-7-9(15)11(18-13)12(19)17-10-6-4-3-5-8(10)14/h3-7H,2H2,1H3,(H,17,19). The number of carbonyl (C=O) groups excluding carboxylic acids is 1. The number of aromatic nitrogens is 2.